The number of nitrogens with zero attached hydrogens (tertiary/aromatic N) is 4. The summed E-state index contributed by atoms with van der Waals surface area (Å²) < 4.78 is 15.2. The summed E-state index contributed by atoms with van der Waals surface area (Å²) in [5.41, 5.74) is 6.09. The zero-order chi connectivity index (χ0) is 19.7. The molecule has 144 valence electrons. The number of likely N-dealkylation sites (tertiary alicyclic amines) is 1. The normalized spacial score (nSPS) is 19.1. The number of halogens is 1. The second kappa shape index (κ2) is 7.27. The lowest BCUT2D eigenvalue weighted by molar-refractivity contribution is -0.130. The van der Waals surface area contributed by atoms with Gasteiger partial charge in [-0.05, 0) is 37.3 Å². The molecule has 0 bridgehead atoms. The Bertz CT molecular complexity index is 1010. The molecule has 0 aliphatic carbocycles. The minimum absolute atomic E-state index is 0.0375. The molecule has 28 heavy (non-hydrogen) atoms. The Hall–Kier alpha value is -2.87. The van der Waals surface area contributed by atoms with E-state index in [1.807, 2.05) is 25.1 Å². The van der Waals surface area contributed by atoms with Crippen LogP contribution in [0.4, 0.5) is 10.1 Å². The topological polar surface area (TPSA) is 85.0 Å². The van der Waals surface area contributed by atoms with Crippen LogP contribution in [0.15, 0.2) is 42.7 Å². The summed E-state index contributed by atoms with van der Waals surface area (Å²) >= 11 is 1.63. The zero-order valence-electron chi connectivity index (χ0n) is 15.4. The molecule has 8 heteroatoms. The summed E-state index contributed by atoms with van der Waals surface area (Å²) in [7, 11) is 0. The Morgan fingerprint density at radius 2 is 2.07 bits per heavy atom. The quantitative estimate of drug-likeness (QED) is 0.731. The van der Waals surface area contributed by atoms with Crippen molar-refractivity contribution < 1.29 is 9.18 Å². The monoisotopic (exact) mass is 397 g/mol. The number of thiophene rings is 1. The van der Waals surface area contributed by atoms with Crippen molar-refractivity contribution in [2.45, 2.75) is 25.4 Å². The molecule has 6 nitrogen and oxygen atoms in total. The summed E-state index contributed by atoms with van der Waals surface area (Å²) in [6.45, 7) is 2.29. The molecule has 0 spiro atoms. The van der Waals surface area contributed by atoms with Crippen LogP contribution >= 0.6 is 11.3 Å². The lowest BCUT2D eigenvalue weighted by Gasteiger charge is -2.20. The van der Waals surface area contributed by atoms with Crippen molar-refractivity contribution >= 4 is 22.9 Å². The number of pyridine rings is 1. The number of aryl methyl sites for hydroxylation is 1. The van der Waals surface area contributed by atoms with E-state index in [-0.39, 0.29) is 31.1 Å². The number of rotatable bonds is 4. The van der Waals surface area contributed by atoms with Crippen LogP contribution in [0.25, 0.3) is 10.6 Å². The minimum Gasteiger partial charge on any atom is -0.397 e. The maximum Gasteiger partial charge on any atom is 0.228 e. The molecule has 0 aromatic carbocycles. The molecule has 4 rings (SSSR count). The van der Waals surface area contributed by atoms with Gasteiger partial charge in [0.2, 0.25) is 5.91 Å². The molecule has 0 radical (unpaired) electrons. The van der Waals surface area contributed by atoms with E-state index in [2.05, 4.69) is 15.0 Å². The number of carbonyl (C=O) groups excluding carboxylic acids is 1. The summed E-state index contributed by atoms with van der Waals surface area (Å²) in [5.74, 6) is -0.0767. The molecule has 1 unspecified atom stereocenters. The second-order valence-corrected chi connectivity index (χ2v) is 8.21. The van der Waals surface area contributed by atoms with Crippen LogP contribution in [0.5, 0.6) is 0 Å². The van der Waals surface area contributed by atoms with E-state index < -0.39 is 5.67 Å². The highest BCUT2D eigenvalue weighted by molar-refractivity contribution is 7.15. The number of alkyl halides is 1. The van der Waals surface area contributed by atoms with Crippen LogP contribution in [-0.2, 0) is 16.9 Å². The Labute approximate surface area is 166 Å². The van der Waals surface area contributed by atoms with Gasteiger partial charge >= 0.3 is 0 Å². The highest BCUT2D eigenvalue weighted by Crippen LogP contribution is 2.34. The average Bonchev–Trinajstić information content (AvgIpc) is 3.31. The SMILES string of the molecule is Cc1ccc(-c2ccc(N)c(CC(=O)N3CCC(F)(c4ncccn4)C3)n2)s1. The third kappa shape index (κ3) is 3.60. The Balaban J connectivity index is 1.50. The zero-order valence-corrected chi connectivity index (χ0v) is 16.2. The summed E-state index contributed by atoms with van der Waals surface area (Å²) in [5, 5.41) is 0. The first-order chi connectivity index (χ1) is 13.4. The van der Waals surface area contributed by atoms with Crippen molar-refractivity contribution in [3.05, 3.63) is 59.1 Å². The second-order valence-electron chi connectivity index (χ2n) is 6.92. The third-order valence-corrected chi connectivity index (χ3v) is 5.88. The molecule has 1 aliphatic rings. The molecule has 1 saturated heterocycles. The van der Waals surface area contributed by atoms with E-state index in [1.54, 1.807) is 23.5 Å². The number of hydrogen-bond acceptors (Lipinski definition) is 6. The largest absolute Gasteiger partial charge is 0.397 e. The van der Waals surface area contributed by atoms with Gasteiger partial charge in [0.15, 0.2) is 11.5 Å². The van der Waals surface area contributed by atoms with E-state index in [9.17, 15) is 4.79 Å². The molecule has 0 saturated carbocycles. The van der Waals surface area contributed by atoms with Gasteiger partial charge in [-0.1, -0.05) is 0 Å². The van der Waals surface area contributed by atoms with Gasteiger partial charge < -0.3 is 10.6 Å². The summed E-state index contributed by atoms with van der Waals surface area (Å²) in [4.78, 5) is 29.1. The van der Waals surface area contributed by atoms with Gasteiger partial charge in [0, 0.05) is 30.2 Å². The summed E-state index contributed by atoms with van der Waals surface area (Å²) in [6.07, 6.45) is 3.24. The number of nitrogens with two attached hydrogens (primary N) is 1. The van der Waals surface area contributed by atoms with E-state index in [1.165, 1.54) is 22.2 Å². The van der Waals surface area contributed by atoms with Gasteiger partial charge in [0.25, 0.3) is 0 Å². The highest BCUT2D eigenvalue weighted by Gasteiger charge is 2.44. The van der Waals surface area contributed by atoms with Crippen LogP contribution in [0.2, 0.25) is 0 Å². The van der Waals surface area contributed by atoms with Crippen molar-refractivity contribution in [3.63, 3.8) is 0 Å². The molecule has 1 aliphatic heterocycles. The number of carbonyl (C=O) groups is 1. The molecule has 1 atom stereocenters. The fourth-order valence-corrected chi connectivity index (χ4v) is 4.15. The van der Waals surface area contributed by atoms with E-state index >= 15 is 4.39 Å². The van der Waals surface area contributed by atoms with Crippen molar-refractivity contribution in [1.29, 1.82) is 0 Å². The Morgan fingerprint density at radius 1 is 1.29 bits per heavy atom. The maximum atomic E-state index is 15.2. The van der Waals surface area contributed by atoms with Gasteiger partial charge in [0.1, 0.15) is 0 Å². The van der Waals surface area contributed by atoms with E-state index in [0.29, 0.717) is 17.9 Å². The fourth-order valence-electron chi connectivity index (χ4n) is 3.32. The average molecular weight is 397 g/mol. The molecule has 3 aromatic rings. The molecular weight excluding hydrogens is 377 g/mol. The third-order valence-electron chi connectivity index (χ3n) is 4.86. The van der Waals surface area contributed by atoms with Crippen molar-refractivity contribution in [2.24, 2.45) is 0 Å². The van der Waals surface area contributed by atoms with Crippen molar-refractivity contribution in [1.82, 2.24) is 19.9 Å². The van der Waals surface area contributed by atoms with Crippen LogP contribution < -0.4 is 5.73 Å². The van der Waals surface area contributed by atoms with Crippen LogP contribution in [0.1, 0.15) is 22.8 Å². The predicted molar refractivity (Wildman–Crippen MR) is 106 cm³/mol. The van der Waals surface area contributed by atoms with E-state index in [4.69, 9.17) is 5.73 Å². The van der Waals surface area contributed by atoms with Gasteiger partial charge in [-0.15, -0.1) is 11.3 Å². The van der Waals surface area contributed by atoms with Crippen LogP contribution in [0, 0.1) is 6.92 Å². The lowest BCUT2D eigenvalue weighted by atomic mass is 10.1. The molecule has 1 fully saturated rings. The molecule has 4 heterocycles. The number of hydrogen-bond donors (Lipinski definition) is 1. The molecule has 2 N–H and O–H groups in total. The first-order valence-corrected chi connectivity index (χ1v) is 9.83. The van der Waals surface area contributed by atoms with Gasteiger partial charge in [-0.3, -0.25) is 4.79 Å². The first-order valence-electron chi connectivity index (χ1n) is 9.01. The van der Waals surface area contributed by atoms with Crippen LogP contribution in [-0.4, -0.2) is 38.8 Å². The number of anilines is 1. The molecule has 1 amide bonds. The lowest BCUT2D eigenvalue weighted by Crippen LogP contribution is -2.34. The van der Waals surface area contributed by atoms with Gasteiger partial charge in [-0.2, -0.15) is 0 Å². The molecule has 3 aromatic heterocycles. The van der Waals surface area contributed by atoms with Gasteiger partial charge in [0.05, 0.1) is 34.9 Å². The Kier molecular flexibility index (Phi) is 4.80. The van der Waals surface area contributed by atoms with Crippen molar-refractivity contribution in [2.75, 3.05) is 18.8 Å². The van der Waals surface area contributed by atoms with E-state index in [0.717, 1.165) is 10.6 Å². The number of aromatic nitrogens is 3. The standard InChI is InChI=1S/C20H20FN5OS/c1-13-3-6-17(28-13)15-5-4-14(22)16(25-15)11-18(27)26-10-7-20(21,12-26)19-23-8-2-9-24-19/h2-6,8-9H,7,10-12,22H2,1H3. The van der Waals surface area contributed by atoms with Crippen molar-refractivity contribution in [3.8, 4) is 10.6 Å². The van der Waals surface area contributed by atoms with Crippen LogP contribution in [0.3, 0.4) is 0 Å². The number of amides is 1. The smallest absolute Gasteiger partial charge is 0.228 e. The molecular formula is C20H20FN5OS. The minimum atomic E-state index is -1.72. The highest BCUT2D eigenvalue weighted by atomic mass is 32.1. The maximum absolute atomic E-state index is 15.2. The summed E-state index contributed by atoms with van der Waals surface area (Å²) in [6, 6.07) is 9.29. The van der Waals surface area contributed by atoms with Gasteiger partial charge in [-0.25, -0.2) is 19.3 Å². The fraction of sp³-hybridized carbons (Fsp3) is 0.300. The predicted octanol–water partition coefficient (Wildman–Crippen LogP) is 3.13. The Morgan fingerprint density at radius 3 is 2.79 bits per heavy atom. The number of nitrogen functional groups attached to an aromatic ring is 1. The first kappa shape index (κ1) is 18.5.